The highest BCUT2D eigenvalue weighted by atomic mass is 35.5. The van der Waals surface area contributed by atoms with Gasteiger partial charge < -0.3 is 10.6 Å². The molecule has 0 saturated carbocycles. The summed E-state index contributed by atoms with van der Waals surface area (Å²) in [7, 11) is 0. The SMILES string of the molecule is Cl.Clc1ccc([C@H]2NC(NCc3ccccc3)=N[C@H]2c2ccc(Cl)cc2)cc1. The lowest BCUT2D eigenvalue weighted by Crippen LogP contribution is -2.35. The van der Waals surface area contributed by atoms with E-state index in [0.29, 0.717) is 6.54 Å². The van der Waals surface area contributed by atoms with Gasteiger partial charge >= 0.3 is 0 Å². The molecule has 6 heteroatoms. The van der Waals surface area contributed by atoms with Crippen molar-refractivity contribution in [2.45, 2.75) is 18.6 Å². The van der Waals surface area contributed by atoms with E-state index in [0.717, 1.165) is 27.1 Å². The number of rotatable bonds is 4. The van der Waals surface area contributed by atoms with E-state index in [9.17, 15) is 0 Å². The predicted octanol–water partition coefficient (Wildman–Crippen LogP) is 5.95. The minimum atomic E-state index is -0.0401. The average Bonchev–Trinajstić information content (AvgIpc) is 3.13. The molecule has 3 aromatic carbocycles. The third-order valence-corrected chi connectivity index (χ3v) is 5.12. The fourth-order valence-corrected chi connectivity index (χ4v) is 3.47. The van der Waals surface area contributed by atoms with Crippen molar-refractivity contribution in [3.05, 3.63) is 106 Å². The van der Waals surface area contributed by atoms with Crippen LogP contribution in [0.15, 0.2) is 83.9 Å². The number of hydrogen-bond donors (Lipinski definition) is 2. The number of aliphatic imine (C=N–C) groups is 1. The zero-order chi connectivity index (χ0) is 18.6. The molecule has 0 aromatic heterocycles. The number of nitrogens with zero attached hydrogens (tertiary/aromatic N) is 1. The Bertz CT molecular complexity index is 926. The van der Waals surface area contributed by atoms with Crippen LogP contribution in [-0.2, 0) is 6.54 Å². The van der Waals surface area contributed by atoms with Crippen LogP contribution in [0.4, 0.5) is 0 Å². The second-order valence-corrected chi connectivity index (χ2v) is 7.36. The molecule has 0 amide bonds. The number of benzene rings is 3. The molecule has 28 heavy (non-hydrogen) atoms. The van der Waals surface area contributed by atoms with Gasteiger partial charge in [0, 0.05) is 16.6 Å². The topological polar surface area (TPSA) is 36.4 Å². The second kappa shape index (κ2) is 9.33. The van der Waals surface area contributed by atoms with Crippen molar-refractivity contribution in [1.29, 1.82) is 0 Å². The van der Waals surface area contributed by atoms with E-state index in [4.69, 9.17) is 28.2 Å². The van der Waals surface area contributed by atoms with E-state index in [1.54, 1.807) is 0 Å². The fourth-order valence-electron chi connectivity index (χ4n) is 3.22. The maximum absolute atomic E-state index is 6.06. The number of halogens is 3. The van der Waals surface area contributed by atoms with Crippen molar-refractivity contribution in [2.75, 3.05) is 0 Å². The molecular formula is C22H20Cl3N3. The van der Waals surface area contributed by atoms with Crippen molar-refractivity contribution in [1.82, 2.24) is 10.6 Å². The Labute approximate surface area is 181 Å². The molecule has 1 heterocycles. The zero-order valence-electron chi connectivity index (χ0n) is 15.0. The fraction of sp³-hybridized carbons (Fsp3) is 0.136. The number of guanidine groups is 1. The second-order valence-electron chi connectivity index (χ2n) is 6.49. The first kappa shape index (κ1) is 20.5. The van der Waals surface area contributed by atoms with Crippen molar-refractivity contribution in [3.8, 4) is 0 Å². The Hall–Kier alpha value is -2.20. The molecular weight excluding hydrogens is 413 g/mol. The van der Waals surface area contributed by atoms with Crippen molar-refractivity contribution in [2.24, 2.45) is 4.99 Å². The third kappa shape index (κ3) is 4.79. The Kier molecular flexibility index (Phi) is 6.84. The molecule has 0 aliphatic carbocycles. The molecule has 1 aliphatic rings. The van der Waals surface area contributed by atoms with Gasteiger partial charge in [-0.1, -0.05) is 77.8 Å². The highest BCUT2D eigenvalue weighted by molar-refractivity contribution is 6.30. The van der Waals surface area contributed by atoms with Crippen molar-refractivity contribution >= 4 is 41.6 Å². The molecule has 0 saturated heterocycles. The van der Waals surface area contributed by atoms with Gasteiger partial charge in [0.1, 0.15) is 6.04 Å². The minimum absolute atomic E-state index is 0. The van der Waals surface area contributed by atoms with E-state index in [-0.39, 0.29) is 24.5 Å². The Morgan fingerprint density at radius 1 is 0.786 bits per heavy atom. The Balaban J connectivity index is 0.00000225. The monoisotopic (exact) mass is 431 g/mol. The van der Waals surface area contributed by atoms with Gasteiger partial charge in [-0.05, 0) is 41.0 Å². The highest BCUT2D eigenvalue weighted by Gasteiger charge is 2.31. The summed E-state index contributed by atoms with van der Waals surface area (Å²) >= 11 is 12.1. The molecule has 0 radical (unpaired) electrons. The summed E-state index contributed by atoms with van der Waals surface area (Å²) in [6.07, 6.45) is 0. The van der Waals surface area contributed by atoms with Crippen LogP contribution in [0.2, 0.25) is 10.0 Å². The summed E-state index contributed by atoms with van der Waals surface area (Å²) in [5.41, 5.74) is 3.46. The lowest BCUT2D eigenvalue weighted by molar-refractivity contribution is 0.570. The molecule has 0 bridgehead atoms. The molecule has 1 aliphatic heterocycles. The molecule has 0 spiro atoms. The van der Waals surface area contributed by atoms with E-state index in [1.807, 2.05) is 66.7 Å². The highest BCUT2D eigenvalue weighted by Crippen LogP contribution is 2.36. The van der Waals surface area contributed by atoms with Gasteiger partial charge in [0.25, 0.3) is 0 Å². The van der Waals surface area contributed by atoms with Crippen LogP contribution >= 0.6 is 35.6 Å². The average molecular weight is 433 g/mol. The molecule has 2 atom stereocenters. The van der Waals surface area contributed by atoms with Crippen LogP contribution in [-0.4, -0.2) is 5.96 Å². The maximum Gasteiger partial charge on any atom is 0.192 e. The summed E-state index contributed by atoms with van der Waals surface area (Å²) in [5.74, 6) is 0.791. The number of nitrogens with one attached hydrogen (secondary N) is 2. The molecule has 0 unspecified atom stereocenters. The quantitative estimate of drug-likeness (QED) is 0.534. The normalized spacial score (nSPS) is 18.0. The van der Waals surface area contributed by atoms with Gasteiger partial charge in [0.2, 0.25) is 0 Å². The van der Waals surface area contributed by atoms with Crippen molar-refractivity contribution < 1.29 is 0 Å². The lowest BCUT2D eigenvalue weighted by Gasteiger charge is -2.19. The van der Waals surface area contributed by atoms with Crippen molar-refractivity contribution in [3.63, 3.8) is 0 Å². The van der Waals surface area contributed by atoms with Crippen LogP contribution in [0, 0.1) is 0 Å². The van der Waals surface area contributed by atoms with E-state index >= 15 is 0 Å². The van der Waals surface area contributed by atoms with E-state index < -0.39 is 0 Å². The summed E-state index contributed by atoms with van der Waals surface area (Å²) < 4.78 is 0. The summed E-state index contributed by atoms with van der Waals surface area (Å²) in [5, 5.41) is 8.38. The molecule has 144 valence electrons. The third-order valence-electron chi connectivity index (χ3n) is 4.62. The summed E-state index contributed by atoms with van der Waals surface area (Å²) in [4.78, 5) is 4.90. The molecule has 3 aromatic rings. The molecule has 0 fully saturated rings. The Morgan fingerprint density at radius 2 is 1.36 bits per heavy atom. The lowest BCUT2D eigenvalue weighted by atomic mass is 9.95. The first-order chi connectivity index (χ1) is 13.2. The summed E-state index contributed by atoms with van der Waals surface area (Å²) in [6, 6.07) is 26.0. The smallest absolute Gasteiger partial charge is 0.192 e. The Morgan fingerprint density at radius 3 is 1.96 bits per heavy atom. The molecule has 4 rings (SSSR count). The largest absolute Gasteiger partial charge is 0.352 e. The first-order valence-corrected chi connectivity index (χ1v) is 9.58. The van der Waals surface area contributed by atoms with Crippen LogP contribution in [0.5, 0.6) is 0 Å². The van der Waals surface area contributed by atoms with Crippen LogP contribution in [0.3, 0.4) is 0 Å². The van der Waals surface area contributed by atoms with Crippen LogP contribution in [0.1, 0.15) is 28.8 Å². The van der Waals surface area contributed by atoms with Crippen LogP contribution in [0.25, 0.3) is 0 Å². The summed E-state index contributed by atoms with van der Waals surface area (Å²) in [6.45, 7) is 0.716. The van der Waals surface area contributed by atoms with Gasteiger partial charge in [0.15, 0.2) is 5.96 Å². The van der Waals surface area contributed by atoms with Gasteiger partial charge in [-0.25, -0.2) is 4.99 Å². The molecule has 3 nitrogen and oxygen atoms in total. The minimum Gasteiger partial charge on any atom is -0.352 e. The van der Waals surface area contributed by atoms with E-state index in [1.165, 1.54) is 5.56 Å². The van der Waals surface area contributed by atoms with Gasteiger partial charge in [-0.15, -0.1) is 12.4 Å². The molecule has 2 N–H and O–H groups in total. The zero-order valence-corrected chi connectivity index (χ0v) is 17.3. The maximum atomic E-state index is 6.06. The predicted molar refractivity (Wildman–Crippen MR) is 119 cm³/mol. The first-order valence-electron chi connectivity index (χ1n) is 8.82. The van der Waals surface area contributed by atoms with E-state index in [2.05, 4.69) is 22.8 Å². The van der Waals surface area contributed by atoms with Gasteiger partial charge in [0.05, 0.1) is 6.04 Å². The standard InChI is InChI=1S/C22H19Cl2N3.ClH/c23-18-10-6-16(7-11-18)20-21(17-8-12-19(24)13-9-17)27-22(26-20)25-14-15-4-2-1-3-5-15;/h1-13,20-21H,14H2,(H2,25,26,27);1H/t20-,21+;. The van der Waals surface area contributed by atoms with Crippen LogP contribution < -0.4 is 10.6 Å². The van der Waals surface area contributed by atoms with Gasteiger partial charge in [-0.2, -0.15) is 0 Å². The van der Waals surface area contributed by atoms with Gasteiger partial charge in [-0.3, -0.25) is 0 Å². The number of hydrogen-bond acceptors (Lipinski definition) is 3.